The third-order valence-corrected chi connectivity index (χ3v) is 1.67. The summed E-state index contributed by atoms with van der Waals surface area (Å²) in [6.45, 7) is 3.72. The lowest BCUT2D eigenvalue weighted by molar-refractivity contribution is -0.146. The lowest BCUT2D eigenvalue weighted by Gasteiger charge is -2.13. The van der Waals surface area contributed by atoms with Crippen LogP contribution in [-0.2, 0) is 4.79 Å². The number of hydrogen-bond acceptors (Lipinski definition) is 4. The highest BCUT2D eigenvalue weighted by Crippen LogP contribution is 1.98. The molecule has 1 heterocycles. The Morgan fingerprint density at radius 2 is 2.31 bits per heavy atom. The first-order valence-corrected chi connectivity index (χ1v) is 4.07. The maximum atomic E-state index is 11.3. The van der Waals surface area contributed by atoms with Crippen molar-refractivity contribution in [1.82, 2.24) is 9.71 Å². The van der Waals surface area contributed by atoms with Gasteiger partial charge in [0.05, 0.1) is 6.20 Å². The molecule has 72 valence electrons. The topological polar surface area (TPSA) is 70.1 Å². The van der Waals surface area contributed by atoms with Crippen LogP contribution >= 0.6 is 0 Å². The van der Waals surface area contributed by atoms with Gasteiger partial charge in [-0.2, -0.15) is 4.73 Å². The van der Waals surface area contributed by atoms with E-state index in [4.69, 9.17) is 10.6 Å². The molecule has 0 aliphatic carbocycles. The van der Waals surface area contributed by atoms with Crippen LogP contribution in [0.3, 0.4) is 0 Å². The van der Waals surface area contributed by atoms with Crippen LogP contribution in [0.15, 0.2) is 18.7 Å². The molecule has 0 unspecified atom stereocenters. The lowest BCUT2D eigenvalue weighted by Crippen LogP contribution is -2.41. The van der Waals surface area contributed by atoms with E-state index in [1.165, 1.54) is 23.5 Å². The van der Waals surface area contributed by atoms with Crippen LogP contribution in [0.25, 0.3) is 0 Å². The van der Waals surface area contributed by atoms with E-state index in [-0.39, 0.29) is 5.92 Å². The van der Waals surface area contributed by atoms with Crippen LogP contribution in [0.2, 0.25) is 0 Å². The van der Waals surface area contributed by atoms with Crippen molar-refractivity contribution < 1.29 is 9.63 Å². The van der Waals surface area contributed by atoms with E-state index >= 15 is 0 Å². The Morgan fingerprint density at radius 3 is 2.77 bits per heavy atom. The molecule has 0 amide bonds. The van der Waals surface area contributed by atoms with Gasteiger partial charge in [-0.3, -0.25) is 0 Å². The number of rotatable bonds is 3. The number of aromatic nitrogens is 2. The predicted molar refractivity (Wildman–Crippen MR) is 46.6 cm³/mol. The summed E-state index contributed by atoms with van der Waals surface area (Å²) >= 11 is 0. The van der Waals surface area contributed by atoms with E-state index in [9.17, 15) is 4.79 Å². The fourth-order valence-electron chi connectivity index (χ4n) is 0.738. The van der Waals surface area contributed by atoms with Crippen molar-refractivity contribution in [2.75, 3.05) is 0 Å². The van der Waals surface area contributed by atoms with Gasteiger partial charge in [-0.25, -0.2) is 9.78 Å². The van der Waals surface area contributed by atoms with Crippen LogP contribution in [0, 0.1) is 5.92 Å². The highest BCUT2D eigenvalue weighted by atomic mass is 16.7. The lowest BCUT2D eigenvalue weighted by atomic mass is 10.1. The molecule has 0 fully saturated rings. The Hall–Kier alpha value is -1.36. The first-order valence-electron chi connectivity index (χ1n) is 4.07. The molecule has 1 atom stereocenters. The molecule has 1 aromatic rings. The Morgan fingerprint density at radius 1 is 1.62 bits per heavy atom. The Labute approximate surface area is 76.5 Å². The molecule has 2 N–H and O–H groups in total. The normalized spacial score (nSPS) is 12.9. The second kappa shape index (κ2) is 4.04. The van der Waals surface area contributed by atoms with Crippen molar-refractivity contribution in [2.24, 2.45) is 11.7 Å². The quantitative estimate of drug-likeness (QED) is 0.705. The maximum absolute atomic E-state index is 11.3. The first kappa shape index (κ1) is 9.73. The molecule has 0 saturated heterocycles. The summed E-state index contributed by atoms with van der Waals surface area (Å²) in [5.41, 5.74) is 5.57. The molecule has 0 radical (unpaired) electrons. The van der Waals surface area contributed by atoms with E-state index in [1.54, 1.807) is 0 Å². The Bertz CT molecular complexity index is 269. The molecular formula is C8H13N3O2. The van der Waals surface area contributed by atoms with Gasteiger partial charge in [0.15, 0.2) is 0 Å². The molecule has 0 aromatic carbocycles. The van der Waals surface area contributed by atoms with E-state index in [1.807, 2.05) is 13.8 Å². The first-order chi connectivity index (χ1) is 6.11. The predicted octanol–water partition coefficient (Wildman–Crippen LogP) is -0.178. The Balaban J connectivity index is 2.51. The molecular weight excluding hydrogens is 170 g/mol. The van der Waals surface area contributed by atoms with Crippen molar-refractivity contribution in [3.63, 3.8) is 0 Å². The van der Waals surface area contributed by atoms with Gasteiger partial charge in [0.1, 0.15) is 12.4 Å². The smallest absolute Gasteiger partial charge is 0.334 e. The van der Waals surface area contributed by atoms with Crippen LogP contribution in [0.4, 0.5) is 0 Å². The summed E-state index contributed by atoms with van der Waals surface area (Å²) in [5, 5.41) is 0. The minimum atomic E-state index is -0.595. The molecule has 5 heteroatoms. The minimum absolute atomic E-state index is 0.0658. The highest BCUT2D eigenvalue weighted by molar-refractivity contribution is 5.75. The minimum Gasteiger partial charge on any atom is -0.334 e. The number of carbonyl (C=O) groups is 1. The van der Waals surface area contributed by atoms with Crippen LogP contribution in [0.5, 0.6) is 0 Å². The third kappa shape index (κ3) is 2.55. The molecule has 1 aromatic heterocycles. The van der Waals surface area contributed by atoms with Crippen molar-refractivity contribution in [3.05, 3.63) is 18.7 Å². The summed E-state index contributed by atoms with van der Waals surface area (Å²) in [7, 11) is 0. The van der Waals surface area contributed by atoms with Crippen molar-refractivity contribution >= 4 is 5.97 Å². The van der Waals surface area contributed by atoms with E-state index in [0.717, 1.165) is 0 Å². The largest absolute Gasteiger partial charge is 0.349 e. The molecule has 13 heavy (non-hydrogen) atoms. The zero-order valence-corrected chi connectivity index (χ0v) is 7.68. The van der Waals surface area contributed by atoms with E-state index in [0.29, 0.717) is 0 Å². The van der Waals surface area contributed by atoms with Crippen LogP contribution in [0.1, 0.15) is 13.8 Å². The molecule has 5 nitrogen and oxygen atoms in total. The van der Waals surface area contributed by atoms with Gasteiger partial charge in [-0.1, -0.05) is 13.8 Å². The number of imidazole rings is 1. The van der Waals surface area contributed by atoms with Gasteiger partial charge < -0.3 is 10.6 Å². The Kier molecular flexibility index (Phi) is 3.02. The average molecular weight is 183 g/mol. The fraction of sp³-hybridized carbons (Fsp3) is 0.500. The SMILES string of the molecule is CC(C)[C@H](N)C(=O)On1ccnc1. The standard InChI is InChI=1S/C8H13N3O2/c1-6(2)7(9)8(12)13-11-4-3-10-5-11/h3-7H,9H2,1-2H3/t7-/m0/s1. The molecule has 0 aliphatic rings. The van der Waals surface area contributed by atoms with Crippen molar-refractivity contribution in [3.8, 4) is 0 Å². The van der Waals surface area contributed by atoms with Gasteiger partial charge in [-0.05, 0) is 5.92 Å². The number of nitrogens with zero attached hydrogens (tertiary/aromatic N) is 2. The summed E-state index contributed by atoms with van der Waals surface area (Å²) in [4.78, 5) is 19.8. The third-order valence-electron chi connectivity index (χ3n) is 1.67. The summed E-state index contributed by atoms with van der Waals surface area (Å²) < 4.78 is 1.23. The highest BCUT2D eigenvalue weighted by Gasteiger charge is 2.19. The van der Waals surface area contributed by atoms with Crippen LogP contribution < -0.4 is 10.6 Å². The fourth-order valence-corrected chi connectivity index (χ4v) is 0.738. The second-order valence-corrected chi connectivity index (χ2v) is 3.10. The zero-order chi connectivity index (χ0) is 9.84. The monoisotopic (exact) mass is 183 g/mol. The molecule has 0 bridgehead atoms. The zero-order valence-electron chi connectivity index (χ0n) is 7.68. The number of nitrogens with two attached hydrogens (primary N) is 1. The van der Waals surface area contributed by atoms with E-state index < -0.39 is 12.0 Å². The van der Waals surface area contributed by atoms with E-state index in [2.05, 4.69) is 4.98 Å². The summed E-state index contributed by atoms with van der Waals surface area (Å²) in [6.07, 6.45) is 4.45. The van der Waals surface area contributed by atoms with Crippen molar-refractivity contribution in [2.45, 2.75) is 19.9 Å². The molecule has 1 rings (SSSR count). The summed E-state index contributed by atoms with van der Waals surface area (Å²) in [5.74, 6) is -0.385. The second-order valence-electron chi connectivity index (χ2n) is 3.10. The maximum Gasteiger partial charge on any atom is 0.349 e. The average Bonchev–Trinajstić information content (AvgIpc) is 2.55. The van der Waals surface area contributed by atoms with Gasteiger partial charge >= 0.3 is 5.97 Å². The number of hydrogen-bond donors (Lipinski definition) is 1. The van der Waals surface area contributed by atoms with Crippen molar-refractivity contribution in [1.29, 1.82) is 0 Å². The van der Waals surface area contributed by atoms with Crippen LogP contribution in [-0.4, -0.2) is 21.7 Å². The molecule has 0 spiro atoms. The van der Waals surface area contributed by atoms with Gasteiger partial charge in [0, 0.05) is 6.20 Å². The summed E-state index contributed by atoms with van der Waals surface area (Å²) in [6, 6.07) is -0.595. The number of carbonyl (C=O) groups excluding carboxylic acids is 1. The van der Waals surface area contributed by atoms with Gasteiger partial charge in [0.25, 0.3) is 0 Å². The van der Waals surface area contributed by atoms with Gasteiger partial charge in [-0.15, -0.1) is 0 Å². The molecule has 0 aliphatic heterocycles. The van der Waals surface area contributed by atoms with Gasteiger partial charge in [0.2, 0.25) is 0 Å². The molecule has 0 saturated carbocycles.